The average molecular weight is 259 g/mol. The summed E-state index contributed by atoms with van der Waals surface area (Å²) in [5, 5.41) is 0. The molecule has 0 amide bonds. The molecule has 1 aliphatic heterocycles. The Bertz CT molecular complexity index is 365. The number of hydrogen-bond acceptors (Lipinski definition) is 1. The van der Waals surface area contributed by atoms with Gasteiger partial charge in [0.25, 0.3) is 0 Å². The molecule has 2 aliphatic rings. The van der Waals surface area contributed by atoms with Crippen LogP contribution >= 0.6 is 0 Å². The van der Waals surface area contributed by atoms with Crippen LogP contribution in [0.4, 0.5) is 0 Å². The first-order valence-electron chi connectivity index (χ1n) is 7.95. The van der Waals surface area contributed by atoms with Crippen molar-refractivity contribution in [2.24, 2.45) is 11.8 Å². The molecule has 0 saturated carbocycles. The minimum absolute atomic E-state index is 0.634. The highest BCUT2D eigenvalue weighted by atomic mass is 15.1. The maximum Gasteiger partial charge on any atom is 0.0236 e. The molecule has 0 atom stereocenters. The summed E-state index contributed by atoms with van der Waals surface area (Å²) < 4.78 is 0. The zero-order chi connectivity index (χ0) is 13.7. The van der Waals surface area contributed by atoms with E-state index in [1.807, 2.05) is 0 Å². The average Bonchev–Trinajstić information content (AvgIpc) is 2.41. The molecular formula is C18H29N. The van der Waals surface area contributed by atoms with Crippen LogP contribution in [0.25, 0.3) is 0 Å². The van der Waals surface area contributed by atoms with Crippen LogP contribution in [0.2, 0.25) is 0 Å². The minimum atomic E-state index is 0.634. The number of likely N-dealkylation sites (tertiary alicyclic amines) is 1. The standard InChI is InChI=1S/C18H29N/c1-15(2)13-18(17-7-5-4-6-8-17)14-19-11-9-16(3)10-12-19/h5,7-8,13,15-16H,4,6,9-12,14H2,1-3H3/b18-13-. The van der Waals surface area contributed by atoms with Crippen molar-refractivity contribution in [3.8, 4) is 0 Å². The Morgan fingerprint density at radius 1 is 1.32 bits per heavy atom. The summed E-state index contributed by atoms with van der Waals surface area (Å²) in [4.78, 5) is 2.64. The van der Waals surface area contributed by atoms with Gasteiger partial charge >= 0.3 is 0 Å². The molecule has 0 aromatic heterocycles. The van der Waals surface area contributed by atoms with E-state index in [-0.39, 0.29) is 0 Å². The third-order valence-corrected chi connectivity index (χ3v) is 4.17. The van der Waals surface area contributed by atoms with Gasteiger partial charge in [-0.15, -0.1) is 0 Å². The van der Waals surface area contributed by atoms with Gasteiger partial charge in [0.15, 0.2) is 0 Å². The summed E-state index contributed by atoms with van der Waals surface area (Å²) in [6.45, 7) is 10.6. The van der Waals surface area contributed by atoms with E-state index >= 15 is 0 Å². The van der Waals surface area contributed by atoms with Crippen LogP contribution in [0, 0.1) is 11.8 Å². The maximum absolute atomic E-state index is 2.64. The third-order valence-electron chi connectivity index (χ3n) is 4.17. The SMILES string of the molecule is CC(C)/C=C(/CN1CCC(C)CC1)C1=CCCC=C1. The highest BCUT2D eigenvalue weighted by Gasteiger charge is 2.17. The Morgan fingerprint density at radius 3 is 2.63 bits per heavy atom. The van der Waals surface area contributed by atoms with E-state index in [4.69, 9.17) is 0 Å². The summed E-state index contributed by atoms with van der Waals surface area (Å²) in [7, 11) is 0. The van der Waals surface area contributed by atoms with Crippen molar-refractivity contribution in [2.75, 3.05) is 19.6 Å². The largest absolute Gasteiger partial charge is 0.299 e. The molecule has 0 N–H and O–H groups in total. The van der Waals surface area contributed by atoms with E-state index in [9.17, 15) is 0 Å². The second-order valence-corrected chi connectivity index (χ2v) is 6.53. The fraction of sp³-hybridized carbons (Fsp3) is 0.667. The Morgan fingerprint density at radius 2 is 2.05 bits per heavy atom. The lowest BCUT2D eigenvalue weighted by molar-refractivity contribution is 0.207. The van der Waals surface area contributed by atoms with Crippen molar-refractivity contribution in [3.05, 3.63) is 35.5 Å². The lowest BCUT2D eigenvalue weighted by Gasteiger charge is -2.31. The molecule has 0 radical (unpaired) electrons. The van der Waals surface area contributed by atoms with Gasteiger partial charge in [-0.1, -0.05) is 45.1 Å². The molecule has 1 nitrogen and oxygen atoms in total. The van der Waals surface area contributed by atoms with Crippen molar-refractivity contribution >= 4 is 0 Å². The summed E-state index contributed by atoms with van der Waals surface area (Å²) in [5.74, 6) is 1.55. The van der Waals surface area contributed by atoms with Crippen LogP contribution in [0.1, 0.15) is 46.5 Å². The third kappa shape index (κ3) is 4.65. The van der Waals surface area contributed by atoms with Crippen LogP contribution in [0.3, 0.4) is 0 Å². The molecule has 1 heteroatoms. The molecule has 1 aliphatic carbocycles. The molecule has 19 heavy (non-hydrogen) atoms. The molecule has 0 spiro atoms. The monoisotopic (exact) mass is 259 g/mol. The molecule has 0 aromatic rings. The fourth-order valence-electron chi connectivity index (χ4n) is 2.96. The van der Waals surface area contributed by atoms with Gasteiger partial charge in [-0.3, -0.25) is 4.90 Å². The topological polar surface area (TPSA) is 3.24 Å². The van der Waals surface area contributed by atoms with Crippen LogP contribution in [0.5, 0.6) is 0 Å². The molecular weight excluding hydrogens is 230 g/mol. The fourth-order valence-corrected chi connectivity index (χ4v) is 2.96. The minimum Gasteiger partial charge on any atom is -0.299 e. The Hall–Kier alpha value is -0.820. The number of allylic oxidation sites excluding steroid dienone is 4. The molecule has 0 bridgehead atoms. The lowest BCUT2D eigenvalue weighted by Crippen LogP contribution is -2.34. The number of nitrogens with zero attached hydrogens (tertiary/aromatic N) is 1. The first-order valence-corrected chi connectivity index (χ1v) is 7.95. The second kappa shape index (κ2) is 7.09. The van der Waals surface area contributed by atoms with Crippen molar-refractivity contribution in [1.82, 2.24) is 4.90 Å². The van der Waals surface area contributed by atoms with Crippen molar-refractivity contribution in [3.63, 3.8) is 0 Å². The normalized spacial score (nSPS) is 22.9. The molecule has 2 rings (SSSR count). The Kier molecular flexibility index (Phi) is 5.45. The number of piperidine rings is 1. The smallest absolute Gasteiger partial charge is 0.0236 e. The van der Waals surface area contributed by atoms with Gasteiger partial charge in [0.1, 0.15) is 0 Å². The van der Waals surface area contributed by atoms with E-state index in [2.05, 4.69) is 50.0 Å². The van der Waals surface area contributed by atoms with Gasteiger partial charge < -0.3 is 0 Å². The lowest BCUT2D eigenvalue weighted by atomic mass is 9.94. The van der Waals surface area contributed by atoms with Gasteiger partial charge in [-0.05, 0) is 61.8 Å². The van der Waals surface area contributed by atoms with Crippen molar-refractivity contribution in [2.45, 2.75) is 46.5 Å². The summed E-state index contributed by atoms with van der Waals surface area (Å²) >= 11 is 0. The predicted molar refractivity (Wildman–Crippen MR) is 84.2 cm³/mol. The van der Waals surface area contributed by atoms with E-state index in [0.29, 0.717) is 5.92 Å². The van der Waals surface area contributed by atoms with Gasteiger partial charge in [0.2, 0.25) is 0 Å². The zero-order valence-corrected chi connectivity index (χ0v) is 12.9. The maximum atomic E-state index is 2.64. The first-order chi connectivity index (χ1) is 9.15. The molecule has 106 valence electrons. The zero-order valence-electron chi connectivity index (χ0n) is 12.9. The van der Waals surface area contributed by atoms with Crippen LogP contribution in [0.15, 0.2) is 35.5 Å². The van der Waals surface area contributed by atoms with Crippen LogP contribution in [-0.4, -0.2) is 24.5 Å². The van der Waals surface area contributed by atoms with E-state index in [1.165, 1.54) is 44.3 Å². The van der Waals surface area contributed by atoms with E-state index < -0.39 is 0 Å². The van der Waals surface area contributed by atoms with Gasteiger partial charge in [0.05, 0.1) is 0 Å². The van der Waals surface area contributed by atoms with E-state index in [1.54, 1.807) is 5.57 Å². The first kappa shape index (κ1) is 14.6. The second-order valence-electron chi connectivity index (χ2n) is 6.53. The quantitative estimate of drug-likeness (QED) is 0.714. The summed E-state index contributed by atoms with van der Waals surface area (Å²) in [5.41, 5.74) is 3.01. The van der Waals surface area contributed by atoms with Gasteiger partial charge in [0, 0.05) is 6.54 Å². The predicted octanol–water partition coefficient (Wildman–Crippen LogP) is 4.58. The summed E-state index contributed by atoms with van der Waals surface area (Å²) in [6, 6.07) is 0. The molecule has 0 aromatic carbocycles. The molecule has 0 unspecified atom stereocenters. The molecule has 1 fully saturated rings. The highest BCUT2D eigenvalue weighted by molar-refractivity contribution is 5.42. The van der Waals surface area contributed by atoms with Crippen molar-refractivity contribution < 1.29 is 0 Å². The summed E-state index contributed by atoms with van der Waals surface area (Å²) in [6.07, 6.45) is 14.7. The van der Waals surface area contributed by atoms with Crippen LogP contribution < -0.4 is 0 Å². The Labute approximate surface area is 119 Å². The van der Waals surface area contributed by atoms with Crippen molar-refractivity contribution in [1.29, 1.82) is 0 Å². The van der Waals surface area contributed by atoms with Gasteiger partial charge in [-0.25, -0.2) is 0 Å². The van der Waals surface area contributed by atoms with E-state index in [0.717, 1.165) is 12.5 Å². The van der Waals surface area contributed by atoms with Crippen LogP contribution in [-0.2, 0) is 0 Å². The Balaban J connectivity index is 2.02. The van der Waals surface area contributed by atoms with Gasteiger partial charge in [-0.2, -0.15) is 0 Å². The molecule has 1 heterocycles. The highest BCUT2D eigenvalue weighted by Crippen LogP contribution is 2.23. The molecule has 1 saturated heterocycles. The number of hydrogen-bond donors (Lipinski definition) is 0. The number of rotatable bonds is 4.